The molecule has 1 unspecified atom stereocenters. The average Bonchev–Trinajstić information content (AvgIpc) is 2.60. The molecule has 0 aliphatic heterocycles. The van der Waals surface area contributed by atoms with Crippen molar-refractivity contribution < 1.29 is 0 Å². The Hall–Kier alpha value is -0.0800. The van der Waals surface area contributed by atoms with Gasteiger partial charge >= 0.3 is 0 Å². The van der Waals surface area contributed by atoms with Gasteiger partial charge in [-0.25, -0.2) is 0 Å². The molecular formula is C24H52N2. The average molecular weight is 369 g/mol. The van der Waals surface area contributed by atoms with Crippen molar-refractivity contribution in [1.82, 2.24) is 9.80 Å². The summed E-state index contributed by atoms with van der Waals surface area (Å²) in [5.74, 6) is 0. The third-order valence-corrected chi connectivity index (χ3v) is 5.78. The van der Waals surface area contributed by atoms with Crippen LogP contribution in [0, 0.1) is 0 Å². The number of hydrogen-bond acceptors (Lipinski definition) is 2. The first-order chi connectivity index (χ1) is 12.6. The van der Waals surface area contributed by atoms with Gasteiger partial charge in [0.15, 0.2) is 0 Å². The molecule has 0 radical (unpaired) electrons. The first-order valence-electron chi connectivity index (χ1n) is 11.9. The third-order valence-electron chi connectivity index (χ3n) is 5.78. The predicted molar refractivity (Wildman–Crippen MR) is 120 cm³/mol. The molecule has 0 amide bonds. The van der Waals surface area contributed by atoms with E-state index in [2.05, 4.69) is 44.9 Å². The minimum atomic E-state index is 0.763. The molecule has 0 aromatic rings. The van der Waals surface area contributed by atoms with Crippen molar-refractivity contribution in [3.63, 3.8) is 0 Å². The summed E-state index contributed by atoms with van der Waals surface area (Å²) >= 11 is 0. The van der Waals surface area contributed by atoms with Gasteiger partial charge in [0.2, 0.25) is 0 Å². The van der Waals surface area contributed by atoms with E-state index in [0.29, 0.717) is 0 Å². The lowest BCUT2D eigenvalue weighted by Crippen LogP contribution is -2.31. The van der Waals surface area contributed by atoms with Gasteiger partial charge in [-0.2, -0.15) is 0 Å². The van der Waals surface area contributed by atoms with Crippen LogP contribution in [0.1, 0.15) is 116 Å². The fourth-order valence-corrected chi connectivity index (χ4v) is 3.82. The quantitative estimate of drug-likeness (QED) is 0.211. The maximum atomic E-state index is 2.42. The van der Waals surface area contributed by atoms with Gasteiger partial charge < -0.3 is 9.80 Å². The highest BCUT2D eigenvalue weighted by atomic mass is 15.1. The summed E-state index contributed by atoms with van der Waals surface area (Å²) in [6.07, 6.45) is 24.5. The Kier molecular flexibility index (Phi) is 19.6. The molecule has 0 heterocycles. The Labute approximate surface area is 167 Å². The Balaban J connectivity index is 3.29. The van der Waals surface area contributed by atoms with E-state index in [1.807, 2.05) is 0 Å². The van der Waals surface area contributed by atoms with E-state index >= 15 is 0 Å². The summed E-state index contributed by atoms with van der Waals surface area (Å²) < 4.78 is 0. The van der Waals surface area contributed by atoms with Crippen molar-refractivity contribution in [1.29, 1.82) is 0 Å². The van der Waals surface area contributed by atoms with Gasteiger partial charge in [0, 0.05) is 6.04 Å². The number of nitrogens with zero attached hydrogens (tertiary/aromatic N) is 2. The van der Waals surface area contributed by atoms with Gasteiger partial charge in [0.1, 0.15) is 0 Å². The molecule has 26 heavy (non-hydrogen) atoms. The zero-order valence-corrected chi connectivity index (χ0v) is 19.2. The molecule has 0 aromatic carbocycles. The number of unbranched alkanes of at least 4 members (excludes halogenated alkanes) is 14. The molecular weight excluding hydrogens is 316 g/mol. The molecule has 0 bridgehead atoms. The Morgan fingerprint density at radius 1 is 0.500 bits per heavy atom. The van der Waals surface area contributed by atoms with Crippen LogP contribution in [0.5, 0.6) is 0 Å². The van der Waals surface area contributed by atoms with E-state index in [1.54, 1.807) is 0 Å². The van der Waals surface area contributed by atoms with Gasteiger partial charge in [-0.1, -0.05) is 103 Å². The minimum Gasteiger partial charge on any atom is -0.309 e. The molecule has 0 spiro atoms. The molecule has 158 valence electrons. The smallest absolute Gasteiger partial charge is 0.0101 e. The monoisotopic (exact) mass is 368 g/mol. The first kappa shape index (κ1) is 25.9. The van der Waals surface area contributed by atoms with E-state index < -0.39 is 0 Å². The Bertz CT molecular complexity index is 263. The molecule has 0 aliphatic carbocycles. The van der Waals surface area contributed by atoms with Crippen LogP contribution >= 0.6 is 0 Å². The molecule has 0 fully saturated rings. The second-order valence-electron chi connectivity index (χ2n) is 8.95. The van der Waals surface area contributed by atoms with Crippen LogP contribution in [0.2, 0.25) is 0 Å². The van der Waals surface area contributed by atoms with Crippen LogP contribution in [-0.2, 0) is 0 Å². The summed E-state index contributed by atoms with van der Waals surface area (Å²) in [4.78, 5) is 4.73. The minimum absolute atomic E-state index is 0.763. The van der Waals surface area contributed by atoms with E-state index in [1.165, 1.54) is 116 Å². The number of rotatable bonds is 20. The SMILES string of the molecule is CCCCCCCCCCCCCCCCCC(CCN(C)C)N(C)C. The van der Waals surface area contributed by atoms with E-state index in [4.69, 9.17) is 0 Å². The third kappa shape index (κ3) is 18.7. The fourth-order valence-electron chi connectivity index (χ4n) is 3.82. The predicted octanol–water partition coefficient (Wildman–Crippen LogP) is 7.13. The van der Waals surface area contributed by atoms with Crippen LogP contribution in [0.4, 0.5) is 0 Å². The van der Waals surface area contributed by atoms with E-state index in [-0.39, 0.29) is 0 Å². The standard InChI is InChI=1S/C24H52N2/c1-6-7-8-9-10-11-12-13-14-15-16-17-18-19-20-21-24(26(4)5)22-23-25(2)3/h24H,6-23H2,1-5H3. The van der Waals surface area contributed by atoms with E-state index in [0.717, 1.165) is 6.04 Å². The molecule has 2 nitrogen and oxygen atoms in total. The summed E-state index contributed by atoms with van der Waals surface area (Å²) in [6.45, 7) is 3.51. The van der Waals surface area contributed by atoms with Crippen molar-refractivity contribution in [2.75, 3.05) is 34.7 Å². The summed E-state index contributed by atoms with van der Waals surface area (Å²) in [7, 11) is 8.84. The lowest BCUT2D eigenvalue weighted by atomic mass is 10.0. The molecule has 0 aromatic heterocycles. The van der Waals surface area contributed by atoms with Gasteiger partial charge in [0.05, 0.1) is 0 Å². The summed E-state index contributed by atoms with van der Waals surface area (Å²) in [5.41, 5.74) is 0. The highest BCUT2D eigenvalue weighted by molar-refractivity contribution is 4.67. The molecule has 1 atom stereocenters. The molecule has 0 aliphatic rings. The second-order valence-corrected chi connectivity index (χ2v) is 8.95. The Morgan fingerprint density at radius 3 is 1.23 bits per heavy atom. The summed E-state index contributed by atoms with van der Waals surface area (Å²) in [6, 6.07) is 0.763. The van der Waals surface area contributed by atoms with Gasteiger partial charge in [-0.05, 0) is 47.6 Å². The highest BCUT2D eigenvalue weighted by Gasteiger charge is 2.10. The fraction of sp³-hybridized carbons (Fsp3) is 1.00. The first-order valence-corrected chi connectivity index (χ1v) is 11.9. The van der Waals surface area contributed by atoms with Gasteiger partial charge in [-0.3, -0.25) is 0 Å². The Morgan fingerprint density at radius 2 is 0.885 bits per heavy atom. The molecule has 0 saturated carbocycles. The van der Waals surface area contributed by atoms with Crippen LogP contribution < -0.4 is 0 Å². The zero-order chi connectivity index (χ0) is 19.5. The van der Waals surface area contributed by atoms with Gasteiger partial charge in [0.25, 0.3) is 0 Å². The maximum absolute atomic E-state index is 2.42. The molecule has 0 saturated heterocycles. The zero-order valence-electron chi connectivity index (χ0n) is 19.2. The van der Waals surface area contributed by atoms with E-state index in [9.17, 15) is 0 Å². The van der Waals surface area contributed by atoms with Gasteiger partial charge in [-0.15, -0.1) is 0 Å². The largest absolute Gasteiger partial charge is 0.309 e. The van der Waals surface area contributed by atoms with Crippen molar-refractivity contribution >= 4 is 0 Å². The molecule has 0 rings (SSSR count). The van der Waals surface area contributed by atoms with Crippen molar-refractivity contribution in [3.8, 4) is 0 Å². The highest BCUT2D eigenvalue weighted by Crippen LogP contribution is 2.15. The van der Waals surface area contributed by atoms with Crippen LogP contribution in [0.25, 0.3) is 0 Å². The van der Waals surface area contributed by atoms with Crippen LogP contribution in [0.3, 0.4) is 0 Å². The van der Waals surface area contributed by atoms with Crippen LogP contribution in [-0.4, -0.2) is 50.6 Å². The normalized spacial score (nSPS) is 13.0. The lowest BCUT2D eigenvalue weighted by molar-refractivity contribution is 0.234. The van der Waals surface area contributed by atoms with Crippen LogP contribution in [0.15, 0.2) is 0 Å². The lowest BCUT2D eigenvalue weighted by Gasteiger charge is -2.25. The molecule has 0 N–H and O–H groups in total. The topological polar surface area (TPSA) is 6.48 Å². The van der Waals surface area contributed by atoms with Crippen molar-refractivity contribution in [2.45, 2.75) is 122 Å². The number of hydrogen-bond donors (Lipinski definition) is 0. The van der Waals surface area contributed by atoms with Crippen molar-refractivity contribution in [3.05, 3.63) is 0 Å². The second kappa shape index (κ2) is 19.7. The summed E-state index contributed by atoms with van der Waals surface area (Å²) in [5, 5.41) is 0. The maximum Gasteiger partial charge on any atom is 0.0101 e. The molecule has 2 heteroatoms. The van der Waals surface area contributed by atoms with Crippen molar-refractivity contribution in [2.24, 2.45) is 0 Å².